The highest BCUT2D eigenvalue weighted by atomic mass is 32.2. The van der Waals surface area contributed by atoms with Crippen molar-refractivity contribution in [3.8, 4) is 11.5 Å². The fourth-order valence-corrected chi connectivity index (χ4v) is 6.85. The molecule has 43 heavy (non-hydrogen) atoms. The van der Waals surface area contributed by atoms with Crippen LogP contribution >= 0.6 is 23.1 Å². The van der Waals surface area contributed by atoms with E-state index in [0.29, 0.717) is 50.3 Å². The number of Topliss-reactive ketones (excluding diaryl/α,β-unsaturated/α-hetero) is 2. The number of ketones is 2. The van der Waals surface area contributed by atoms with E-state index in [1.807, 2.05) is 13.0 Å². The number of hydrogen-bond donors (Lipinski definition) is 0. The van der Waals surface area contributed by atoms with Gasteiger partial charge in [0.15, 0.2) is 21.6 Å². The molecule has 1 aliphatic heterocycles. The van der Waals surface area contributed by atoms with Crippen molar-refractivity contribution in [2.45, 2.75) is 23.1 Å². The third-order valence-electron chi connectivity index (χ3n) is 7.00. The van der Waals surface area contributed by atoms with Gasteiger partial charge in [-0.15, -0.1) is 10.2 Å². The van der Waals surface area contributed by atoms with Crippen LogP contribution in [0.5, 0.6) is 11.5 Å². The van der Waals surface area contributed by atoms with Gasteiger partial charge >= 0.3 is 0 Å². The Morgan fingerprint density at radius 2 is 1.84 bits per heavy atom. The molecule has 0 radical (unpaired) electrons. The summed E-state index contributed by atoms with van der Waals surface area (Å²) in [5.41, 5.74) is 1.44. The number of fused-ring (bicyclic) bond motifs is 1. The van der Waals surface area contributed by atoms with Gasteiger partial charge in [-0.3, -0.25) is 19.3 Å². The topological polar surface area (TPSA) is 112 Å². The molecular weight excluding hydrogens is 593 g/mol. The summed E-state index contributed by atoms with van der Waals surface area (Å²) < 4.78 is 31.6. The number of carbonyl (C=O) groups excluding carboxylic acids is 3. The molecule has 218 valence electrons. The number of hydrogen-bond acceptors (Lipinski definition) is 10. The van der Waals surface area contributed by atoms with Gasteiger partial charge in [0.1, 0.15) is 17.3 Å². The summed E-state index contributed by atoms with van der Waals surface area (Å²) in [7, 11) is 1.48. The van der Waals surface area contributed by atoms with Crippen LogP contribution in [-0.2, 0) is 15.3 Å². The summed E-state index contributed by atoms with van der Waals surface area (Å²) in [5.74, 6) is -3.07. The number of para-hydroxylation sites is 1. The Hall–Kier alpha value is -4.55. The average molecular weight is 618 g/mol. The second-order valence-electron chi connectivity index (χ2n) is 9.55. The summed E-state index contributed by atoms with van der Waals surface area (Å²) >= 11 is 2.32. The molecule has 5 aromatic rings. The lowest BCUT2D eigenvalue weighted by Gasteiger charge is -2.25. The number of benzene rings is 3. The van der Waals surface area contributed by atoms with E-state index in [0.717, 1.165) is 11.3 Å². The molecule has 1 aliphatic rings. The molecule has 0 saturated carbocycles. The summed E-state index contributed by atoms with van der Waals surface area (Å²) in [6, 6.07) is 19.0. The lowest BCUT2D eigenvalue weighted by atomic mass is 9.88. The fourth-order valence-electron chi connectivity index (χ4n) is 4.99. The Morgan fingerprint density at radius 3 is 2.60 bits per heavy atom. The van der Waals surface area contributed by atoms with Crippen LogP contribution in [0.1, 0.15) is 34.6 Å². The van der Waals surface area contributed by atoms with E-state index in [-0.39, 0.29) is 16.7 Å². The number of halogens is 1. The molecule has 0 N–H and O–H groups in total. The molecule has 1 amide bonds. The standard InChI is InChI=1S/C31H24FN3O6S2/c1-3-40-22-13-12-18(15-23(22)39-2)26-25(27(36)24-14-17-8-5-7-11-21(17)41-24)28(37)29(38)35(26)30-33-34-31(43-30)42-16-19-9-4-6-10-20(19)32/h4-15,25-26H,3,16H2,1-2H3. The molecule has 0 aliphatic carbocycles. The molecule has 0 bridgehead atoms. The highest BCUT2D eigenvalue weighted by molar-refractivity contribution is 8.00. The Balaban J connectivity index is 1.39. The lowest BCUT2D eigenvalue weighted by molar-refractivity contribution is -0.135. The van der Waals surface area contributed by atoms with E-state index in [4.69, 9.17) is 13.9 Å². The Morgan fingerprint density at radius 1 is 1.05 bits per heavy atom. The molecule has 3 aromatic carbocycles. The average Bonchev–Trinajstić information content (AvgIpc) is 3.73. The van der Waals surface area contributed by atoms with E-state index >= 15 is 0 Å². The smallest absolute Gasteiger partial charge is 0.297 e. The lowest BCUT2D eigenvalue weighted by Crippen LogP contribution is -2.30. The first-order chi connectivity index (χ1) is 20.9. The van der Waals surface area contributed by atoms with E-state index in [1.54, 1.807) is 60.7 Å². The van der Waals surface area contributed by atoms with Crippen LogP contribution < -0.4 is 14.4 Å². The van der Waals surface area contributed by atoms with Gasteiger partial charge in [0.05, 0.1) is 19.8 Å². The molecular formula is C31H24FN3O6S2. The number of aromatic nitrogens is 2. The zero-order valence-electron chi connectivity index (χ0n) is 23.0. The summed E-state index contributed by atoms with van der Waals surface area (Å²) in [6.07, 6.45) is 0. The highest BCUT2D eigenvalue weighted by Crippen LogP contribution is 2.45. The van der Waals surface area contributed by atoms with Gasteiger partial charge in [-0.25, -0.2) is 4.39 Å². The molecule has 12 heteroatoms. The first-order valence-electron chi connectivity index (χ1n) is 13.3. The molecule has 3 heterocycles. The zero-order chi connectivity index (χ0) is 30.1. The predicted octanol–water partition coefficient (Wildman–Crippen LogP) is 6.28. The van der Waals surface area contributed by atoms with Gasteiger partial charge in [-0.1, -0.05) is 65.6 Å². The minimum Gasteiger partial charge on any atom is -0.493 e. The van der Waals surface area contributed by atoms with E-state index < -0.39 is 29.4 Å². The van der Waals surface area contributed by atoms with E-state index in [9.17, 15) is 18.8 Å². The Labute approximate surface area is 253 Å². The Kier molecular flexibility index (Phi) is 7.96. The van der Waals surface area contributed by atoms with Crippen molar-refractivity contribution in [2.75, 3.05) is 18.6 Å². The van der Waals surface area contributed by atoms with Gasteiger partial charge in [-0.05, 0) is 48.4 Å². The highest BCUT2D eigenvalue weighted by Gasteiger charge is 2.54. The number of furan rings is 1. The van der Waals surface area contributed by atoms with Gasteiger partial charge < -0.3 is 13.9 Å². The third-order valence-corrected chi connectivity index (χ3v) is 9.10. The van der Waals surface area contributed by atoms with Crippen LogP contribution in [0.2, 0.25) is 0 Å². The summed E-state index contributed by atoms with van der Waals surface area (Å²) in [5, 5.41) is 9.20. The van der Waals surface area contributed by atoms with Gasteiger partial charge in [0, 0.05) is 11.1 Å². The first kappa shape index (κ1) is 28.6. The van der Waals surface area contributed by atoms with Crippen molar-refractivity contribution in [1.82, 2.24) is 10.2 Å². The maximum Gasteiger partial charge on any atom is 0.297 e. The number of ether oxygens (including phenoxy) is 2. The van der Waals surface area contributed by atoms with Gasteiger partial charge in [0.25, 0.3) is 5.91 Å². The fraction of sp³-hybridized carbons (Fsp3) is 0.194. The number of methoxy groups -OCH3 is 1. The number of amides is 1. The van der Waals surface area contributed by atoms with Crippen LogP contribution in [-0.4, -0.2) is 41.4 Å². The van der Waals surface area contributed by atoms with Crippen molar-refractivity contribution < 1.29 is 32.7 Å². The monoisotopic (exact) mass is 617 g/mol. The molecule has 2 unspecified atom stereocenters. The van der Waals surface area contributed by atoms with Crippen molar-refractivity contribution >= 4 is 56.7 Å². The van der Waals surface area contributed by atoms with Crippen LogP contribution in [0.4, 0.5) is 9.52 Å². The second-order valence-corrected chi connectivity index (χ2v) is 11.7. The first-order valence-corrected chi connectivity index (χ1v) is 15.1. The van der Waals surface area contributed by atoms with Crippen LogP contribution in [0.25, 0.3) is 11.0 Å². The quantitative estimate of drug-likeness (QED) is 0.0588. The SMILES string of the molecule is CCOc1ccc(C2C(C(=O)c3cc4ccccc4o3)C(=O)C(=O)N2c2nnc(SCc3ccccc3F)s2)cc1OC. The normalized spacial score (nSPS) is 16.7. The molecule has 1 fully saturated rings. The van der Waals surface area contributed by atoms with Crippen molar-refractivity contribution in [3.63, 3.8) is 0 Å². The molecule has 0 spiro atoms. The number of rotatable bonds is 10. The zero-order valence-corrected chi connectivity index (χ0v) is 24.6. The summed E-state index contributed by atoms with van der Waals surface area (Å²) in [6.45, 7) is 2.23. The van der Waals surface area contributed by atoms with Crippen molar-refractivity contribution in [1.29, 1.82) is 0 Å². The van der Waals surface area contributed by atoms with Gasteiger partial charge in [0.2, 0.25) is 16.7 Å². The minimum atomic E-state index is -1.42. The molecule has 1 saturated heterocycles. The van der Waals surface area contributed by atoms with Crippen molar-refractivity contribution in [2.24, 2.45) is 5.92 Å². The summed E-state index contributed by atoms with van der Waals surface area (Å²) in [4.78, 5) is 42.3. The van der Waals surface area contributed by atoms with Gasteiger partial charge in [-0.2, -0.15) is 0 Å². The number of thioether (sulfide) groups is 1. The molecule has 6 rings (SSSR count). The van der Waals surface area contributed by atoms with Crippen LogP contribution in [0.15, 0.2) is 81.6 Å². The van der Waals surface area contributed by atoms with Crippen LogP contribution in [0.3, 0.4) is 0 Å². The minimum absolute atomic E-state index is 0.0319. The molecule has 2 atom stereocenters. The molecule has 2 aromatic heterocycles. The Bertz CT molecular complexity index is 1820. The van der Waals surface area contributed by atoms with Crippen molar-refractivity contribution in [3.05, 3.63) is 95.5 Å². The number of carbonyl (C=O) groups is 3. The third kappa shape index (κ3) is 5.39. The maximum atomic E-state index is 14.1. The van der Waals surface area contributed by atoms with E-state index in [2.05, 4.69) is 10.2 Å². The maximum absolute atomic E-state index is 14.1. The van der Waals surface area contributed by atoms with Crippen LogP contribution in [0, 0.1) is 11.7 Å². The largest absolute Gasteiger partial charge is 0.493 e. The predicted molar refractivity (Wildman–Crippen MR) is 159 cm³/mol. The number of nitrogens with zero attached hydrogens (tertiary/aromatic N) is 3. The molecule has 9 nitrogen and oxygen atoms in total. The second kappa shape index (κ2) is 12.0. The number of anilines is 1. The van der Waals surface area contributed by atoms with E-state index in [1.165, 1.54) is 29.8 Å².